The summed E-state index contributed by atoms with van der Waals surface area (Å²) in [5.74, 6) is 2.59. The first-order chi connectivity index (χ1) is 22.7. The van der Waals surface area contributed by atoms with Gasteiger partial charge < -0.3 is 24.6 Å². The smallest absolute Gasteiger partial charge is 0.410 e. The molecule has 258 valence electrons. The summed E-state index contributed by atoms with van der Waals surface area (Å²) in [6.07, 6.45) is 3.46. The number of amides is 2. The fourth-order valence-electron chi connectivity index (χ4n) is 7.42. The molecule has 1 N–H and O–H groups in total. The Morgan fingerprint density at radius 3 is 2.35 bits per heavy atom. The van der Waals surface area contributed by atoms with Crippen molar-refractivity contribution in [2.45, 2.75) is 89.2 Å². The lowest BCUT2D eigenvalue weighted by molar-refractivity contribution is -0.138. The molecule has 1 saturated heterocycles. The van der Waals surface area contributed by atoms with E-state index in [2.05, 4.69) is 11.4 Å². The minimum atomic E-state index is -3.24. The van der Waals surface area contributed by atoms with E-state index in [4.69, 9.17) is 19.4 Å². The fraction of sp³-hybridized carbons (Fsp3) is 0.556. The second kappa shape index (κ2) is 13.2. The van der Waals surface area contributed by atoms with Gasteiger partial charge >= 0.3 is 6.09 Å². The topological polar surface area (TPSA) is 131 Å². The Labute approximate surface area is 283 Å². The minimum absolute atomic E-state index is 0.0405. The van der Waals surface area contributed by atoms with Crippen molar-refractivity contribution in [3.05, 3.63) is 52.8 Å². The Morgan fingerprint density at radius 2 is 1.69 bits per heavy atom. The van der Waals surface area contributed by atoms with Gasteiger partial charge in [0.05, 0.1) is 29.3 Å². The molecule has 48 heavy (non-hydrogen) atoms. The van der Waals surface area contributed by atoms with Crippen molar-refractivity contribution < 1.29 is 27.5 Å². The first-order valence-corrected chi connectivity index (χ1v) is 18.6. The van der Waals surface area contributed by atoms with Crippen LogP contribution in [0.5, 0.6) is 5.75 Å². The van der Waals surface area contributed by atoms with Crippen LogP contribution in [0, 0.1) is 12.8 Å². The molecule has 3 aliphatic rings. The van der Waals surface area contributed by atoms with E-state index in [0.717, 1.165) is 59.0 Å². The molecule has 1 atom stereocenters. The molecular formula is C36H47N5O6S. The number of hydrogen-bond donors (Lipinski definition) is 1. The zero-order valence-corrected chi connectivity index (χ0v) is 29.7. The number of carbonyl (C=O) groups is 2. The maximum atomic E-state index is 13.5. The molecule has 2 amide bonds. The van der Waals surface area contributed by atoms with E-state index in [9.17, 15) is 18.0 Å². The van der Waals surface area contributed by atoms with E-state index in [1.807, 2.05) is 57.7 Å². The number of aryl methyl sites for hydroxylation is 1. The molecule has 11 nitrogen and oxygen atoms in total. The average molecular weight is 678 g/mol. The molecule has 0 unspecified atom stereocenters. The van der Waals surface area contributed by atoms with Gasteiger partial charge in [-0.2, -0.15) is 0 Å². The molecule has 12 heteroatoms. The molecule has 6 rings (SSSR count). The second-order valence-electron chi connectivity index (χ2n) is 14.3. The Morgan fingerprint density at radius 1 is 1.00 bits per heavy atom. The van der Waals surface area contributed by atoms with Gasteiger partial charge in [0.15, 0.2) is 9.84 Å². The molecule has 1 saturated carbocycles. The van der Waals surface area contributed by atoms with Crippen molar-refractivity contribution in [3.63, 3.8) is 0 Å². The summed E-state index contributed by atoms with van der Waals surface area (Å²) in [7, 11) is -1.56. The third-order valence-electron chi connectivity index (χ3n) is 9.86. The first kappa shape index (κ1) is 34.0. The third kappa shape index (κ3) is 6.95. The van der Waals surface area contributed by atoms with Crippen LogP contribution in [-0.2, 0) is 25.8 Å². The van der Waals surface area contributed by atoms with Gasteiger partial charge in [0, 0.05) is 43.5 Å². The monoisotopic (exact) mass is 677 g/mol. The Bertz CT molecular complexity index is 1820. The predicted octanol–water partition coefficient (Wildman–Crippen LogP) is 5.80. The summed E-state index contributed by atoms with van der Waals surface area (Å²) in [5.41, 5.74) is 3.14. The van der Waals surface area contributed by atoms with Crippen LogP contribution in [0.1, 0.15) is 87.9 Å². The highest BCUT2D eigenvalue weighted by Gasteiger charge is 2.34. The second-order valence-corrected chi connectivity index (χ2v) is 16.4. The minimum Gasteiger partial charge on any atom is -0.496 e. The lowest BCUT2D eigenvalue weighted by Crippen LogP contribution is -2.53. The number of aromatic nitrogens is 2. The highest BCUT2D eigenvalue weighted by molar-refractivity contribution is 7.91. The van der Waals surface area contributed by atoms with Crippen LogP contribution in [0.2, 0.25) is 0 Å². The lowest BCUT2D eigenvalue weighted by Gasteiger charge is -2.38. The van der Waals surface area contributed by atoms with E-state index in [-0.39, 0.29) is 35.6 Å². The third-order valence-corrected chi connectivity index (χ3v) is 11.7. The molecule has 3 aromatic rings. The Hall–Kier alpha value is -3.93. The molecule has 0 spiro atoms. The van der Waals surface area contributed by atoms with E-state index >= 15 is 0 Å². The molecule has 1 aliphatic carbocycles. The molecule has 1 aromatic heterocycles. The summed E-state index contributed by atoms with van der Waals surface area (Å²) < 4.78 is 36.5. The van der Waals surface area contributed by atoms with E-state index in [1.165, 1.54) is 0 Å². The summed E-state index contributed by atoms with van der Waals surface area (Å²) in [5, 5.41) is 4.46. The number of hydrogen-bond acceptors (Lipinski definition) is 9. The molecule has 2 aliphatic heterocycles. The number of rotatable bonds is 6. The van der Waals surface area contributed by atoms with Crippen LogP contribution in [0.15, 0.2) is 35.2 Å². The lowest BCUT2D eigenvalue weighted by atomic mass is 9.77. The maximum absolute atomic E-state index is 13.5. The summed E-state index contributed by atoms with van der Waals surface area (Å²) in [4.78, 5) is 39.5. The molecular weight excluding hydrogens is 630 g/mol. The Balaban J connectivity index is 1.16. The molecule has 3 heterocycles. The number of sulfone groups is 1. The normalized spacial score (nSPS) is 21.5. The van der Waals surface area contributed by atoms with Crippen molar-refractivity contribution in [2.75, 3.05) is 44.4 Å². The van der Waals surface area contributed by atoms with Gasteiger partial charge in [-0.25, -0.2) is 23.2 Å². The van der Waals surface area contributed by atoms with Crippen molar-refractivity contribution in [3.8, 4) is 5.75 Å². The van der Waals surface area contributed by atoms with Gasteiger partial charge in [0.25, 0.3) is 0 Å². The van der Waals surface area contributed by atoms with E-state index in [0.29, 0.717) is 49.1 Å². The van der Waals surface area contributed by atoms with Gasteiger partial charge in [-0.15, -0.1) is 0 Å². The summed E-state index contributed by atoms with van der Waals surface area (Å²) >= 11 is 0. The van der Waals surface area contributed by atoms with Crippen molar-refractivity contribution in [1.29, 1.82) is 0 Å². The van der Waals surface area contributed by atoms with E-state index < -0.39 is 15.4 Å². The number of fused-ring (bicyclic) bond motifs is 2. The van der Waals surface area contributed by atoms with Crippen LogP contribution in [0.4, 0.5) is 10.6 Å². The fourth-order valence-corrected chi connectivity index (χ4v) is 8.99. The number of anilines is 1. The van der Waals surface area contributed by atoms with Crippen LogP contribution in [0.3, 0.4) is 0 Å². The quantitative estimate of drug-likeness (QED) is 0.344. The van der Waals surface area contributed by atoms with E-state index in [1.54, 1.807) is 18.1 Å². The zero-order chi connectivity index (χ0) is 34.4. The summed E-state index contributed by atoms with van der Waals surface area (Å²) in [6.45, 7) is 11.5. The highest BCUT2D eigenvalue weighted by Crippen LogP contribution is 2.43. The Kier molecular flexibility index (Phi) is 9.32. The van der Waals surface area contributed by atoms with Crippen molar-refractivity contribution in [1.82, 2.24) is 19.8 Å². The number of benzene rings is 2. The van der Waals surface area contributed by atoms with Gasteiger partial charge in [-0.3, -0.25) is 4.79 Å². The zero-order valence-electron chi connectivity index (χ0n) is 28.8. The van der Waals surface area contributed by atoms with Crippen LogP contribution < -0.4 is 10.1 Å². The largest absolute Gasteiger partial charge is 0.496 e. The van der Waals surface area contributed by atoms with Crippen molar-refractivity contribution in [2.24, 2.45) is 5.92 Å². The number of methoxy groups -OCH3 is 1. The average Bonchev–Trinajstić information content (AvgIpc) is 3.37. The number of piperazine rings is 1. The number of ether oxygens (including phenoxy) is 2. The maximum Gasteiger partial charge on any atom is 0.410 e. The molecule has 0 radical (unpaired) electrons. The summed E-state index contributed by atoms with van der Waals surface area (Å²) in [6, 6.07) is 9.43. The SMILES string of the molecule is COc1cc2nc(C)nc(N[C@H](C)c3cccc4c3CCS4(=O)=O)c2cc1C1CCC(C(=O)N2CCN(C(=O)OC(C)(C)C)CC2)CC1. The van der Waals surface area contributed by atoms with Gasteiger partial charge in [-0.05, 0) is 101 Å². The van der Waals surface area contributed by atoms with Gasteiger partial charge in [0.2, 0.25) is 5.91 Å². The van der Waals surface area contributed by atoms with Crippen LogP contribution in [-0.4, -0.2) is 84.8 Å². The standard InChI is InChI=1S/C36H47N5O6S/c1-22(26-8-7-9-32-27(26)14-19-48(32,44)45)37-33-29-20-28(31(46-6)21-30(29)38-23(2)39-33)24-10-12-25(13-11-24)34(42)40-15-17-41(18-16-40)35(43)47-36(3,4)5/h7-9,20-22,24-25H,10-19H2,1-6H3,(H,37,38,39)/t22-,24?,25?/m1/s1. The highest BCUT2D eigenvalue weighted by atomic mass is 32.2. The van der Waals surface area contributed by atoms with Gasteiger partial charge in [-0.1, -0.05) is 12.1 Å². The molecule has 2 aromatic carbocycles. The van der Waals surface area contributed by atoms with Crippen molar-refractivity contribution >= 4 is 38.6 Å². The van der Waals surface area contributed by atoms with Crippen LogP contribution in [0.25, 0.3) is 10.9 Å². The van der Waals surface area contributed by atoms with Crippen LogP contribution >= 0.6 is 0 Å². The molecule has 0 bridgehead atoms. The molecule has 2 fully saturated rings. The number of nitrogens with one attached hydrogen (secondary N) is 1. The van der Waals surface area contributed by atoms with Gasteiger partial charge in [0.1, 0.15) is 23.0 Å². The number of nitrogens with zero attached hydrogens (tertiary/aromatic N) is 4. The number of carbonyl (C=O) groups excluding carboxylic acids is 2. The predicted molar refractivity (Wildman–Crippen MR) is 184 cm³/mol. The first-order valence-electron chi connectivity index (χ1n) is 17.0.